The Kier molecular flexibility index (Phi) is 19.0. The van der Waals surface area contributed by atoms with Crippen LogP contribution in [0.2, 0.25) is 0 Å². The molecule has 0 radical (unpaired) electrons. The van der Waals surface area contributed by atoms with Crippen molar-refractivity contribution in [1.82, 2.24) is 0 Å². The maximum absolute atomic E-state index is 11.4. The van der Waals surface area contributed by atoms with Crippen LogP contribution in [-0.2, 0) is 56.0 Å². The molecular weight excluding hydrogens is 492 g/mol. The molecule has 9 heteroatoms. The number of ether oxygens (including phenoxy) is 7. The van der Waals surface area contributed by atoms with Crippen LogP contribution < -0.4 is 0 Å². The zero-order chi connectivity index (χ0) is 26.4. The van der Waals surface area contributed by atoms with Crippen LogP contribution in [0.1, 0.15) is 20.0 Å². The number of esters is 2. The molecule has 1 aliphatic rings. The Bertz CT molecular complexity index is 877. The van der Waals surface area contributed by atoms with E-state index in [-0.39, 0.29) is 53.3 Å². The molecule has 0 bridgehead atoms. The van der Waals surface area contributed by atoms with E-state index in [0.29, 0.717) is 39.6 Å². The molecule has 0 aliphatic carbocycles. The fraction of sp³-hybridized carbons (Fsp3) is 0.448. The van der Waals surface area contributed by atoms with Crippen molar-refractivity contribution in [2.75, 3.05) is 59.5 Å². The average Bonchev–Trinajstić information content (AvgIpc) is 3.76. The van der Waals surface area contributed by atoms with Crippen LogP contribution in [-0.4, -0.2) is 77.5 Å². The van der Waals surface area contributed by atoms with E-state index < -0.39 is 0 Å². The van der Waals surface area contributed by atoms with E-state index in [1.54, 1.807) is 6.08 Å². The number of hydrogen-bond donors (Lipinski definition) is 0. The summed E-state index contributed by atoms with van der Waals surface area (Å²) in [5.74, 6) is -0.739. The van der Waals surface area contributed by atoms with E-state index in [1.807, 2.05) is 60.7 Å². The second-order valence-corrected chi connectivity index (χ2v) is 7.79. The van der Waals surface area contributed by atoms with Gasteiger partial charge in [-0.05, 0) is 11.1 Å². The average molecular weight is 536 g/mol. The summed E-state index contributed by atoms with van der Waals surface area (Å²) in [6.45, 7) is 7.50. The van der Waals surface area contributed by atoms with Crippen molar-refractivity contribution in [3.8, 4) is 0 Å². The van der Waals surface area contributed by atoms with Gasteiger partial charge in [0.1, 0.15) is 32.5 Å². The molecule has 0 spiro atoms. The lowest BCUT2D eigenvalue weighted by atomic mass is 10.2. The van der Waals surface area contributed by atoms with Crippen LogP contribution in [0.4, 0.5) is 0 Å². The van der Waals surface area contributed by atoms with Crippen LogP contribution in [0.25, 0.3) is 0 Å². The van der Waals surface area contributed by atoms with E-state index >= 15 is 0 Å². The summed E-state index contributed by atoms with van der Waals surface area (Å²) in [7, 11) is 0. The molecule has 1 atom stereocenters. The molecule has 2 aromatic carbocycles. The van der Waals surface area contributed by atoms with Crippen molar-refractivity contribution in [3.63, 3.8) is 0 Å². The monoisotopic (exact) mass is 535 g/mol. The molecule has 1 fully saturated rings. The quantitative estimate of drug-likeness (QED) is 0.121. The summed E-state index contributed by atoms with van der Waals surface area (Å²) < 4.78 is 35.7. The molecule has 0 amide bonds. The predicted molar refractivity (Wildman–Crippen MR) is 145 cm³/mol. The van der Waals surface area contributed by atoms with Crippen LogP contribution >= 0.6 is 0 Å². The van der Waals surface area contributed by atoms with Crippen molar-refractivity contribution in [3.05, 3.63) is 84.4 Å². The third-order valence-electron chi connectivity index (χ3n) is 4.61. The van der Waals surface area contributed by atoms with Crippen LogP contribution in [0.15, 0.2) is 73.3 Å². The summed E-state index contributed by atoms with van der Waals surface area (Å²) in [5, 5.41) is 0. The third kappa shape index (κ3) is 18.2. The van der Waals surface area contributed by atoms with Crippen LogP contribution in [0, 0.1) is 0 Å². The third-order valence-corrected chi connectivity index (χ3v) is 4.61. The van der Waals surface area contributed by atoms with E-state index in [0.717, 1.165) is 17.7 Å². The normalized spacial score (nSPS) is 13.3. The van der Waals surface area contributed by atoms with Gasteiger partial charge in [0.15, 0.2) is 0 Å². The van der Waals surface area contributed by atoms with Gasteiger partial charge < -0.3 is 33.2 Å². The molecule has 0 aromatic heterocycles. The summed E-state index contributed by atoms with van der Waals surface area (Å²) in [6.07, 6.45) is 1.92. The molecule has 0 N–H and O–H groups in total. The Morgan fingerprint density at radius 2 is 1.24 bits per heavy atom. The van der Waals surface area contributed by atoms with Gasteiger partial charge in [0.2, 0.25) is 0 Å². The molecule has 38 heavy (non-hydrogen) atoms. The number of carbonyl (C=O) groups excluding carboxylic acids is 2. The van der Waals surface area contributed by atoms with Gasteiger partial charge in [-0.3, -0.25) is 0 Å². The lowest BCUT2D eigenvalue weighted by Gasteiger charge is -2.06. The molecule has 1 heterocycles. The summed E-state index contributed by atoms with van der Waals surface area (Å²) in [4.78, 5) is 22.7. The minimum absolute atomic E-state index is 0. The maximum Gasteiger partial charge on any atom is 0.332 e. The van der Waals surface area contributed by atoms with E-state index in [1.165, 1.54) is 0 Å². The van der Waals surface area contributed by atoms with Crippen molar-refractivity contribution in [2.45, 2.75) is 26.7 Å². The molecule has 1 aliphatic heterocycles. The molecular formula is C29H42O9. The summed E-state index contributed by atoms with van der Waals surface area (Å²) in [5.41, 5.74) is 1.92. The number of hydrogen-bond acceptors (Lipinski definition) is 9. The van der Waals surface area contributed by atoms with Crippen molar-refractivity contribution in [1.29, 1.82) is 0 Å². The topological polar surface area (TPSA) is 102 Å². The highest BCUT2D eigenvalue weighted by Crippen LogP contribution is 2.08. The van der Waals surface area contributed by atoms with E-state index in [2.05, 4.69) is 6.58 Å². The van der Waals surface area contributed by atoms with E-state index in [9.17, 15) is 9.59 Å². The predicted octanol–water partition coefficient (Wildman–Crippen LogP) is 3.99. The largest absolute Gasteiger partial charge is 0.459 e. The maximum atomic E-state index is 11.4. The molecule has 9 nitrogen and oxygen atoms in total. The number of benzene rings is 2. The highest BCUT2D eigenvalue weighted by Gasteiger charge is 2.22. The minimum atomic E-state index is -0.373. The highest BCUT2D eigenvalue weighted by atomic mass is 16.6. The fourth-order valence-electron chi connectivity index (χ4n) is 2.65. The zero-order valence-corrected chi connectivity index (χ0v) is 21.1. The first-order valence-corrected chi connectivity index (χ1v) is 12.1. The Morgan fingerprint density at radius 3 is 1.68 bits per heavy atom. The van der Waals surface area contributed by atoms with Gasteiger partial charge in [0, 0.05) is 1.43 Å². The summed E-state index contributed by atoms with van der Waals surface area (Å²) >= 11 is 0. The van der Waals surface area contributed by atoms with Crippen molar-refractivity contribution in [2.24, 2.45) is 0 Å². The van der Waals surface area contributed by atoms with Crippen LogP contribution in [0.5, 0.6) is 0 Å². The fourth-order valence-corrected chi connectivity index (χ4v) is 2.65. The number of carbonyl (C=O) groups is 2. The van der Waals surface area contributed by atoms with Gasteiger partial charge in [-0.2, -0.15) is 0 Å². The summed E-state index contributed by atoms with van der Waals surface area (Å²) in [6, 6.07) is 19.0. The van der Waals surface area contributed by atoms with E-state index in [4.69, 9.17) is 33.2 Å². The Labute approximate surface area is 227 Å². The molecule has 1 unspecified atom stereocenters. The molecule has 3 rings (SSSR count). The van der Waals surface area contributed by atoms with Gasteiger partial charge in [0.25, 0.3) is 0 Å². The number of epoxide rings is 1. The van der Waals surface area contributed by atoms with Crippen LogP contribution in [0.3, 0.4) is 0 Å². The van der Waals surface area contributed by atoms with Gasteiger partial charge in [-0.1, -0.05) is 74.2 Å². The Balaban J connectivity index is 0.000000706. The van der Waals surface area contributed by atoms with Crippen molar-refractivity contribution >= 4 is 11.9 Å². The second kappa shape index (κ2) is 22.0. The van der Waals surface area contributed by atoms with Crippen molar-refractivity contribution < 1.29 is 44.2 Å². The first kappa shape index (κ1) is 32.9. The smallest absolute Gasteiger partial charge is 0.332 e. The Hall–Kier alpha value is -3.08. The second-order valence-electron chi connectivity index (χ2n) is 7.79. The highest BCUT2D eigenvalue weighted by molar-refractivity contribution is 5.71. The lowest BCUT2D eigenvalue weighted by Crippen LogP contribution is -2.15. The molecule has 2 aromatic rings. The van der Waals surface area contributed by atoms with Gasteiger partial charge in [-0.25, -0.2) is 9.59 Å². The Morgan fingerprint density at radius 1 is 0.789 bits per heavy atom. The lowest BCUT2D eigenvalue weighted by molar-refractivity contribution is -0.151. The van der Waals surface area contributed by atoms with Gasteiger partial charge in [0.05, 0.1) is 46.2 Å². The number of rotatable bonds is 18. The molecule has 212 valence electrons. The molecule has 1 saturated heterocycles. The molecule has 0 saturated carbocycles. The standard InChI is InChI=1S/C14H18O5.C14H18O4.CH4.H2/c15-14(19-8-12-4-2-1-3-5-12)11-17-7-6-16-9-13-10-18-13;1-2-8-16-9-10-17-12-14(15)18-11-13-6-4-3-5-7-13;;/h1-5,13H,6-11H2;2-7H,1,8-12H2;1H4;1H/i;;;1+1. The first-order valence-electron chi connectivity index (χ1n) is 12.1. The van der Waals surface area contributed by atoms with Gasteiger partial charge in [-0.15, -0.1) is 6.58 Å². The van der Waals surface area contributed by atoms with Gasteiger partial charge >= 0.3 is 11.9 Å². The SMILES string of the molecule is C.C=CCOCCOCC(=O)OCc1ccccc1.O=C(COCCOCC1CO1)OCc1ccccc1.[2HH]. The zero-order valence-electron chi connectivity index (χ0n) is 21.1. The minimum Gasteiger partial charge on any atom is -0.459 e. The first-order chi connectivity index (χ1) is 18.2.